The Morgan fingerprint density at radius 2 is 2.10 bits per heavy atom. The molecule has 1 aliphatic heterocycles. The quantitative estimate of drug-likeness (QED) is 0.872. The van der Waals surface area contributed by atoms with Crippen molar-refractivity contribution >= 4 is 15.7 Å². The van der Waals surface area contributed by atoms with Gasteiger partial charge in [0, 0.05) is 13.1 Å². The second-order valence-electron chi connectivity index (χ2n) is 5.47. The van der Waals surface area contributed by atoms with Crippen LogP contribution in [0.15, 0.2) is 11.0 Å². The highest BCUT2D eigenvalue weighted by atomic mass is 32.2. The number of hydrogen-bond acceptors (Lipinski definition) is 3. The zero-order valence-corrected chi connectivity index (χ0v) is 12.9. The average molecular weight is 300 g/mol. The predicted octanol–water partition coefficient (Wildman–Crippen LogP) is 2.45. The maximum absolute atomic E-state index is 13.6. The number of nitrogens with two attached hydrogens (primary N) is 1. The van der Waals surface area contributed by atoms with Gasteiger partial charge in [0.25, 0.3) is 0 Å². The van der Waals surface area contributed by atoms with E-state index in [1.807, 2.05) is 0 Å². The number of nitrogens with zero attached hydrogens (tertiary/aromatic N) is 1. The molecule has 0 bridgehead atoms. The zero-order chi connectivity index (χ0) is 15.1. The van der Waals surface area contributed by atoms with Crippen LogP contribution in [-0.4, -0.2) is 25.8 Å². The lowest BCUT2D eigenvalue weighted by Crippen LogP contribution is -2.30. The van der Waals surface area contributed by atoms with Crippen LogP contribution in [0.2, 0.25) is 0 Å². The van der Waals surface area contributed by atoms with Crippen molar-refractivity contribution in [2.45, 2.75) is 38.5 Å². The van der Waals surface area contributed by atoms with Crippen LogP contribution < -0.4 is 5.73 Å². The van der Waals surface area contributed by atoms with Gasteiger partial charge in [-0.15, -0.1) is 0 Å². The first-order valence-corrected chi connectivity index (χ1v) is 8.28. The van der Waals surface area contributed by atoms with Gasteiger partial charge in [0.05, 0.1) is 10.6 Å². The summed E-state index contributed by atoms with van der Waals surface area (Å²) >= 11 is 0. The Morgan fingerprint density at radius 1 is 1.45 bits per heavy atom. The average Bonchev–Trinajstić information content (AvgIpc) is 2.85. The van der Waals surface area contributed by atoms with E-state index in [-0.39, 0.29) is 10.6 Å². The van der Waals surface area contributed by atoms with Gasteiger partial charge in [0.2, 0.25) is 10.0 Å². The van der Waals surface area contributed by atoms with Crippen molar-refractivity contribution in [2.24, 2.45) is 5.92 Å². The first-order valence-electron chi connectivity index (χ1n) is 6.84. The number of aryl methyl sites for hydroxylation is 1. The largest absolute Gasteiger partial charge is 0.396 e. The Balaban J connectivity index is 2.48. The van der Waals surface area contributed by atoms with Crippen LogP contribution in [0.5, 0.6) is 0 Å². The van der Waals surface area contributed by atoms with Gasteiger partial charge in [-0.3, -0.25) is 0 Å². The lowest BCUT2D eigenvalue weighted by atomic mass is 10.1. The molecule has 4 nitrogen and oxygen atoms in total. The molecule has 0 amide bonds. The maximum atomic E-state index is 13.6. The van der Waals surface area contributed by atoms with E-state index in [1.54, 1.807) is 13.8 Å². The number of halogens is 1. The van der Waals surface area contributed by atoms with Crippen LogP contribution in [0.4, 0.5) is 10.1 Å². The van der Waals surface area contributed by atoms with E-state index < -0.39 is 15.8 Å². The molecule has 20 heavy (non-hydrogen) atoms. The molecule has 1 aromatic rings. The van der Waals surface area contributed by atoms with Crippen LogP contribution in [-0.2, 0) is 10.0 Å². The number of anilines is 1. The summed E-state index contributed by atoms with van der Waals surface area (Å²) in [6, 6.07) is 1.20. The molecule has 1 heterocycles. The van der Waals surface area contributed by atoms with E-state index >= 15 is 0 Å². The second kappa shape index (κ2) is 5.33. The monoisotopic (exact) mass is 300 g/mol. The number of rotatable bonds is 3. The highest BCUT2D eigenvalue weighted by Crippen LogP contribution is 2.32. The molecule has 1 saturated heterocycles. The first kappa shape index (κ1) is 15.3. The van der Waals surface area contributed by atoms with Crippen LogP contribution in [0, 0.1) is 25.6 Å². The molecule has 1 aromatic carbocycles. The molecule has 0 saturated carbocycles. The number of sulfonamides is 1. The Hall–Kier alpha value is -1.14. The van der Waals surface area contributed by atoms with E-state index in [0.29, 0.717) is 30.1 Å². The maximum Gasteiger partial charge on any atom is 0.243 e. The van der Waals surface area contributed by atoms with E-state index in [2.05, 4.69) is 6.92 Å². The third-order valence-electron chi connectivity index (χ3n) is 4.13. The highest BCUT2D eigenvalue weighted by molar-refractivity contribution is 7.89. The van der Waals surface area contributed by atoms with E-state index in [4.69, 9.17) is 5.73 Å². The van der Waals surface area contributed by atoms with Crippen molar-refractivity contribution in [3.63, 3.8) is 0 Å². The summed E-state index contributed by atoms with van der Waals surface area (Å²) in [7, 11) is -3.60. The molecule has 1 atom stereocenters. The van der Waals surface area contributed by atoms with Gasteiger partial charge in [-0.05, 0) is 43.4 Å². The molecule has 2 N–H and O–H groups in total. The van der Waals surface area contributed by atoms with Gasteiger partial charge < -0.3 is 5.73 Å². The number of hydrogen-bond donors (Lipinski definition) is 1. The molecule has 0 radical (unpaired) electrons. The van der Waals surface area contributed by atoms with E-state index in [1.165, 1.54) is 10.4 Å². The number of benzene rings is 1. The molecular weight excluding hydrogens is 279 g/mol. The summed E-state index contributed by atoms with van der Waals surface area (Å²) in [5, 5.41) is 0. The molecular formula is C14H21FN2O2S. The van der Waals surface area contributed by atoms with Gasteiger partial charge in [-0.1, -0.05) is 13.3 Å². The summed E-state index contributed by atoms with van der Waals surface area (Å²) < 4.78 is 40.6. The predicted molar refractivity (Wildman–Crippen MR) is 77.4 cm³/mol. The molecule has 6 heteroatoms. The molecule has 1 unspecified atom stereocenters. The van der Waals surface area contributed by atoms with E-state index in [0.717, 1.165) is 12.8 Å². The molecule has 112 valence electrons. The Labute approximate surface area is 119 Å². The Bertz CT molecular complexity index is 629. The van der Waals surface area contributed by atoms with Crippen LogP contribution >= 0.6 is 0 Å². The standard InChI is InChI=1S/C14H21FN2O2S/c1-4-11-5-6-17(8-11)20(18,19)14-9(2)7-12(15)13(16)10(14)3/h7,11H,4-6,8,16H2,1-3H3. The van der Waals surface area contributed by atoms with Gasteiger partial charge in [-0.25, -0.2) is 12.8 Å². The van der Waals surface area contributed by atoms with Crippen molar-refractivity contribution in [2.75, 3.05) is 18.8 Å². The fraction of sp³-hybridized carbons (Fsp3) is 0.571. The third kappa shape index (κ3) is 2.42. The lowest BCUT2D eigenvalue weighted by molar-refractivity contribution is 0.452. The van der Waals surface area contributed by atoms with Gasteiger partial charge in [-0.2, -0.15) is 4.31 Å². The van der Waals surface area contributed by atoms with Crippen molar-refractivity contribution in [1.82, 2.24) is 4.31 Å². The molecule has 2 rings (SSSR count). The minimum atomic E-state index is -3.60. The van der Waals surface area contributed by atoms with E-state index in [9.17, 15) is 12.8 Å². The van der Waals surface area contributed by atoms with Crippen LogP contribution in [0.25, 0.3) is 0 Å². The van der Waals surface area contributed by atoms with Crippen LogP contribution in [0.3, 0.4) is 0 Å². The summed E-state index contributed by atoms with van der Waals surface area (Å²) in [5.74, 6) is -0.157. The summed E-state index contributed by atoms with van der Waals surface area (Å²) in [6.45, 7) is 6.29. The lowest BCUT2D eigenvalue weighted by Gasteiger charge is -2.20. The topological polar surface area (TPSA) is 63.4 Å². The van der Waals surface area contributed by atoms with Crippen molar-refractivity contribution in [3.05, 3.63) is 23.0 Å². The second-order valence-corrected chi connectivity index (χ2v) is 7.34. The fourth-order valence-corrected chi connectivity index (χ4v) is 4.78. The van der Waals surface area contributed by atoms with Crippen molar-refractivity contribution < 1.29 is 12.8 Å². The summed E-state index contributed by atoms with van der Waals surface area (Å²) in [4.78, 5) is 0.160. The Kier molecular flexibility index (Phi) is 4.07. The fourth-order valence-electron chi connectivity index (χ4n) is 2.81. The van der Waals surface area contributed by atoms with Gasteiger partial charge >= 0.3 is 0 Å². The normalized spacial score (nSPS) is 20.5. The smallest absolute Gasteiger partial charge is 0.243 e. The molecule has 0 aliphatic carbocycles. The van der Waals surface area contributed by atoms with Crippen LogP contribution in [0.1, 0.15) is 30.9 Å². The summed E-state index contributed by atoms with van der Waals surface area (Å²) in [5.41, 5.74) is 6.28. The summed E-state index contributed by atoms with van der Waals surface area (Å²) in [6.07, 6.45) is 1.85. The SMILES string of the molecule is CCC1CCN(S(=O)(=O)c2c(C)cc(F)c(N)c2C)C1. The first-order chi connectivity index (χ1) is 9.28. The highest BCUT2D eigenvalue weighted by Gasteiger charge is 2.34. The van der Waals surface area contributed by atoms with Crippen molar-refractivity contribution in [3.8, 4) is 0 Å². The van der Waals surface area contributed by atoms with Gasteiger partial charge in [0.15, 0.2) is 0 Å². The molecule has 0 spiro atoms. The van der Waals surface area contributed by atoms with Crippen molar-refractivity contribution in [1.29, 1.82) is 0 Å². The minimum absolute atomic E-state index is 0.0830. The third-order valence-corrected chi connectivity index (χ3v) is 6.28. The Morgan fingerprint density at radius 3 is 2.65 bits per heavy atom. The van der Waals surface area contributed by atoms with Gasteiger partial charge in [0.1, 0.15) is 5.82 Å². The molecule has 1 aliphatic rings. The zero-order valence-electron chi connectivity index (χ0n) is 12.1. The molecule has 0 aromatic heterocycles. The minimum Gasteiger partial charge on any atom is -0.396 e. The number of nitrogen functional groups attached to an aromatic ring is 1. The molecule has 1 fully saturated rings.